The van der Waals surface area contributed by atoms with Crippen LogP contribution in [-0.2, 0) is 4.74 Å². The van der Waals surface area contributed by atoms with Crippen molar-refractivity contribution in [2.45, 2.75) is 76.9 Å². The first-order chi connectivity index (χ1) is 8.13. The summed E-state index contributed by atoms with van der Waals surface area (Å²) >= 11 is 6.09. The Kier molecular flexibility index (Phi) is 4.77. The van der Waals surface area contributed by atoms with E-state index >= 15 is 0 Å². The molecule has 1 aliphatic heterocycles. The summed E-state index contributed by atoms with van der Waals surface area (Å²) in [6.07, 6.45) is 10.9. The highest BCUT2D eigenvalue weighted by Crippen LogP contribution is 2.44. The lowest BCUT2D eigenvalue weighted by atomic mass is 9.92. The standard InChI is InChI=1S/C15H27ClO/c1-12(2)9-13(11-16)10-14-5-8-15(17-14)6-3-4-7-15/h12-14H,3-11H2,1-2H3. The second kappa shape index (κ2) is 5.93. The van der Waals surface area contributed by atoms with Crippen molar-refractivity contribution in [1.82, 2.24) is 0 Å². The van der Waals surface area contributed by atoms with E-state index in [0.29, 0.717) is 17.6 Å². The minimum Gasteiger partial charge on any atom is -0.372 e. The molecule has 100 valence electrons. The summed E-state index contributed by atoms with van der Waals surface area (Å²) < 4.78 is 6.37. The van der Waals surface area contributed by atoms with Crippen molar-refractivity contribution in [3.63, 3.8) is 0 Å². The van der Waals surface area contributed by atoms with Gasteiger partial charge in [-0.05, 0) is 50.4 Å². The van der Waals surface area contributed by atoms with Crippen LogP contribution < -0.4 is 0 Å². The summed E-state index contributed by atoms with van der Waals surface area (Å²) in [5, 5.41) is 0. The first-order valence-electron chi connectivity index (χ1n) is 7.37. The molecule has 2 atom stereocenters. The Hall–Kier alpha value is 0.250. The van der Waals surface area contributed by atoms with Gasteiger partial charge in [0.15, 0.2) is 0 Å². The number of hydrogen-bond acceptors (Lipinski definition) is 1. The Balaban J connectivity index is 1.79. The lowest BCUT2D eigenvalue weighted by molar-refractivity contribution is -0.0440. The Labute approximate surface area is 111 Å². The number of ether oxygens (including phenoxy) is 1. The van der Waals surface area contributed by atoms with E-state index in [1.54, 1.807) is 0 Å². The van der Waals surface area contributed by atoms with Gasteiger partial charge in [0, 0.05) is 5.88 Å². The van der Waals surface area contributed by atoms with Crippen molar-refractivity contribution in [2.75, 3.05) is 5.88 Å². The van der Waals surface area contributed by atoms with E-state index in [0.717, 1.165) is 11.8 Å². The van der Waals surface area contributed by atoms with Crippen LogP contribution in [0.1, 0.15) is 65.2 Å². The van der Waals surface area contributed by atoms with Gasteiger partial charge in [-0.15, -0.1) is 11.6 Å². The Morgan fingerprint density at radius 1 is 1.24 bits per heavy atom. The molecule has 2 aliphatic rings. The summed E-state index contributed by atoms with van der Waals surface area (Å²) in [5.41, 5.74) is 0.291. The van der Waals surface area contributed by atoms with Crippen LogP contribution >= 0.6 is 11.6 Å². The highest BCUT2D eigenvalue weighted by molar-refractivity contribution is 6.18. The minimum absolute atomic E-state index is 0.291. The molecule has 1 spiro atoms. The summed E-state index contributed by atoms with van der Waals surface area (Å²) in [6.45, 7) is 4.57. The number of alkyl halides is 1. The van der Waals surface area contributed by atoms with Gasteiger partial charge in [-0.1, -0.05) is 26.7 Å². The summed E-state index contributed by atoms with van der Waals surface area (Å²) in [5.74, 6) is 2.20. The van der Waals surface area contributed by atoms with Gasteiger partial charge in [0.1, 0.15) is 0 Å². The molecule has 0 aromatic heterocycles. The highest BCUT2D eigenvalue weighted by atomic mass is 35.5. The zero-order valence-corrected chi connectivity index (χ0v) is 12.1. The predicted octanol–water partition coefficient (Wildman–Crippen LogP) is 4.77. The van der Waals surface area contributed by atoms with Crippen molar-refractivity contribution in [1.29, 1.82) is 0 Å². The molecular weight excluding hydrogens is 232 g/mol. The maximum Gasteiger partial charge on any atom is 0.0687 e. The second-order valence-electron chi connectivity index (χ2n) is 6.55. The zero-order valence-electron chi connectivity index (χ0n) is 11.4. The maximum absolute atomic E-state index is 6.37. The van der Waals surface area contributed by atoms with E-state index in [2.05, 4.69) is 13.8 Å². The van der Waals surface area contributed by atoms with Gasteiger partial charge in [0.2, 0.25) is 0 Å². The van der Waals surface area contributed by atoms with Crippen LogP contribution in [-0.4, -0.2) is 17.6 Å². The number of hydrogen-bond donors (Lipinski definition) is 0. The number of rotatable bonds is 5. The van der Waals surface area contributed by atoms with Gasteiger partial charge >= 0.3 is 0 Å². The quantitative estimate of drug-likeness (QED) is 0.646. The van der Waals surface area contributed by atoms with Crippen LogP contribution in [0.2, 0.25) is 0 Å². The molecule has 0 aromatic carbocycles. The van der Waals surface area contributed by atoms with Gasteiger partial charge in [-0.2, -0.15) is 0 Å². The average Bonchev–Trinajstić information content (AvgIpc) is 2.89. The van der Waals surface area contributed by atoms with Crippen molar-refractivity contribution in [3.8, 4) is 0 Å². The molecule has 1 saturated heterocycles. The zero-order chi connectivity index (χ0) is 12.3. The summed E-state index contributed by atoms with van der Waals surface area (Å²) in [7, 11) is 0. The fraction of sp³-hybridized carbons (Fsp3) is 1.00. The molecule has 0 N–H and O–H groups in total. The molecule has 2 unspecified atom stereocenters. The Morgan fingerprint density at radius 2 is 1.94 bits per heavy atom. The van der Waals surface area contributed by atoms with Crippen LogP contribution in [0, 0.1) is 11.8 Å². The third-order valence-corrected chi connectivity index (χ3v) is 4.91. The van der Waals surface area contributed by atoms with Crippen LogP contribution in [0.4, 0.5) is 0 Å². The lowest BCUT2D eigenvalue weighted by Gasteiger charge is -2.26. The normalized spacial score (nSPS) is 29.3. The molecular formula is C15H27ClO. The average molecular weight is 259 g/mol. The van der Waals surface area contributed by atoms with Crippen LogP contribution in [0.15, 0.2) is 0 Å². The Bertz CT molecular complexity index is 233. The highest BCUT2D eigenvalue weighted by Gasteiger charge is 2.42. The first kappa shape index (κ1) is 13.7. The van der Waals surface area contributed by atoms with E-state index in [4.69, 9.17) is 16.3 Å². The van der Waals surface area contributed by atoms with Crippen molar-refractivity contribution >= 4 is 11.6 Å². The first-order valence-corrected chi connectivity index (χ1v) is 7.91. The molecule has 2 rings (SSSR count). The van der Waals surface area contributed by atoms with E-state index in [1.807, 2.05) is 0 Å². The topological polar surface area (TPSA) is 9.23 Å². The van der Waals surface area contributed by atoms with Gasteiger partial charge in [-0.25, -0.2) is 0 Å². The fourth-order valence-electron chi connectivity index (χ4n) is 3.71. The van der Waals surface area contributed by atoms with Crippen molar-refractivity contribution in [3.05, 3.63) is 0 Å². The van der Waals surface area contributed by atoms with E-state index in [1.165, 1.54) is 51.4 Å². The predicted molar refractivity (Wildman–Crippen MR) is 73.6 cm³/mol. The van der Waals surface area contributed by atoms with E-state index in [9.17, 15) is 0 Å². The summed E-state index contributed by atoms with van der Waals surface area (Å²) in [6, 6.07) is 0. The number of halogens is 1. The van der Waals surface area contributed by atoms with Gasteiger partial charge in [0.25, 0.3) is 0 Å². The molecule has 2 fully saturated rings. The lowest BCUT2D eigenvalue weighted by Crippen LogP contribution is -2.26. The molecule has 17 heavy (non-hydrogen) atoms. The minimum atomic E-state index is 0.291. The van der Waals surface area contributed by atoms with E-state index in [-0.39, 0.29) is 0 Å². The molecule has 1 saturated carbocycles. The summed E-state index contributed by atoms with van der Waals surface area (Å²) in [4.78, 5) is 0. The van der Waals surface area contributed by atoms with E-state index < -0.39 is 0 Å². The molecule has 0 radical (unpaired) electrons. The monoisotopic (exact) mass is 258 g/mol. The molecule has 0 bridgehead atoms. The molecule has 1 nitrogen and oxygen atoms in total. The van der Waals surface area contributed by atoms with Gasteiger partial charge in [0.05, 0.1) is 11.7 Å². The molecule has 2 heteroatoms. The van der Waals surface area contributed by atoms with Gasteiger partial charge in [-0.3, -0.25) is 0 Å². The van der Waals surface area contributed by atoms with Crippen LogP contribution in [0.3, 0.4) is 0 Å². The third-order valence-electron chi connectivity index (χ3n) is 4.47. The molecule has 0 aromatic rings. The molecule has 0 amide bonds. The van der Waals surface area contributed by atoms with Gasteiger partial charge < -0.3 is 4.74 Å². The molecule has 1 aliphatic carbocycles. The van der Waals surface area contributed by atoms with Crippen LogP contribution in [0.25, 0.3) is 0 Å². The van der Waals surface area contributed by atoms with Crippen molar-refractivity contribution < 1.29 is 4.74 Å². The largest absolute Gasteiger partial charge is 0.372 e. The maximum atomic E-state index is 6.37. The third kappa shape index (κ3) is 3.61. The smallest absolute Gasteiger partial charge is 0.0687 e. The van der Waals surface area contributed by atoms with Crippen LogP contribution in [0.5, 0.6) is 0 Å². The second-order valence-corrected chi connectivity index (χ2v) is 6.86. The SMILES string of the molecule is CC(C)CC(CCl)CC1CCC2(CCCC2)O1. The fourth-order valence-corrected chi connectivity index (χ4v) is 3.96. The Morgan fingerprint density at radius 3 is 2.53 bits per heavy atom. The van der Waals surface area contributed by atoms with Crippen molar-refractivity contribution in [2.24, 2.45) is 11.8 Å². The molecule has 1 heterocycles.